The SMILES string of the molecule is CCS(=O)(=O)NC1CCC2(CC1)CN(CO)C2. The number of rotatable bonds is 4. The quantitative estimate of drug-likeness (QED) is 0.755. The van der Waals surface area contributed by atoms with Crippen molar-refractivity contribution >= 4 is 10.0 Å². The maximum absolute atomic E-state index is 11.5. The second-order valence-corrected chi connectivity index (χ2v) is 7.47. The summed E-state index contributed by atoms with van der Waals surface area (Å²) in [6, 6.07) is 0.119. The van der Waals surface area contributed by atoms with E-state index in [2.05, 4.69) is 4.72 Å². The van der Waals surface area contributed by atoms with Crippen LogP contribution < -0.4 is 4.72 Å². The van der Waals surface area contributed by atoms with Crippen LogP contribution >= 0.6 is 0 Å². The van der Waals surface area contributed by atoms with Crippen LogP contribution in [0.3, 0.4) is 0 Å². The Morgan fingerprint density at radius 2 is 1.94 bits per heavy atom. The van der Waals surface area contributed by atoms with Gasteiger partial charge < -0.3 is 5.11 Å². The minimum absolute atomic E-state index is 0.119. The number of likely N-dealkylation sites (tertiary alicyclic amines) is 1. The molecule has 0 bridgehead atoms. The van der Waals surface area contributed by atoms with E-state index in [-0.39, 0.29) is 18.5 Å². The average molecular weight is 262 g/mol. The molecule has 2 N–H and O–H groups in total. The number of nitrogens with zero attached hydrogens (tertiary/aromatic N) is 1. The smallest absolute Gasteiger partial charge is 0.211 e. The standard InChI is InChI=1S/C11H22N2O3S/c1-2-17(15,16)12-10-3-5-11(6-4-10)7-13(8-11)9-14/h10,12,14H,2-9H2,1H3. The van der Waals surface area contributed by atoms with E-state index in [1.807, 2.05) is 4.90 Å². The lowest BCUT2D eigenvalue weighted by atomic mass is 9.68. The van der Waals surface area contributed by atoms with Gasteiger partial charge in [0, 0.05) is 19.1 Å². The molecule has 6 heteroatoms. The largest absolute Gasteiger partial charge is 0.381 e. The Hall–Kier alpha value is -0.170. The van der Waals surface area contributed by atoms with Crippen LogP contribution in [0.2, 0.25) is 0 Å². The molecule has 0 aromatic heterocycles. The van der Waals surface area contributed by atoms with Gasteiger partial charge in [-0.2, -0.15) is 0 Å². The van der Waals surface area contributed by atoms with Gasteiger partial charge in [0.1, 0.15) is 0 Å². The van der Waals surface area contributed by atoms with Crippen molar-refractivity contribution in [3.05, 3.63) is 0 Å². The Labute approximate surface area is 103 Å². The summed E-state index contributed by atoms with van der Waals surface area (Å²) >= 11 is 0. The van der Waals surface area contributed by atoms with Gasteiger partial charge >= 0.3 is 0 Å². The highest BCUT2D eigenvalue weighted by molar-refractivity contribution is 7.89. The highest BCUT2D eigenvalue weighted by atomic mass is 32.2. The number of nitrogens with one attached hydrogen (secondary N) is 1. The molecule has 1 saturated carbocycles. The fourth-order valence-electron chi connectivity index (χ4n) is 3.00. The number of hydrogen-bond acceptors (Lipinski definition) is 4. The van der Waals surface area contributed by atoms with Crippen LogP contribution in [-0.2, 0) is 10.0 Å². The molecule has 1 aliphatic carbocycles. The Bertz CT molecular complexity index is 353. The van der Waals surface area contributed by atoms with Gasteiger partial charge in [0.25, 0.3) is 0 Å². The summed E-state index contributed by atoms with van der Waals surface area (Å²) in [4.78, 5) is 2.02. The van der Waals surface area contributed by atoms with Crippen LogP contribution in [0.4, 0.5) is 0 Å². The number of sulfonamides is 1. The molecule has 100 valence electrons. The molecule has 17 heavy (non-hydrogen) atoms. The molecule has 0 atom stereocenters. The van der Waals surface area contributed by atoms with E-state index in [4.69, 9.17) is 5.11 Å². The summed E-state index contributed by atoms with van der Waals surface area (Å²) in [7, 11) is -3.06. The zero-order valence-corrected chi connectivity index (χ0v) is 11.2. The van der Waals surface area contributed by atoms with E-state index in [9.17, 15) is 8.42 Å². The highest BCUT2D eigenvalue weighted by Crippen LogP contribution is 2.43. The van der Waals surface area contributed by atoms with E-state index in [1.54, 1.807) is 6.92 Å². The molecule has 0 aromatic rings. The monoisotopic (exact) mass is 262 g/mol. The summed E-state index contributed by atoms with van der Waals surface area (Å²) in [5, 5.41) is 8.97. The molecule has 2 fully saturated rings. The molecular weight excluding hydrogens is 240 g/mol. The number of aliphatic hydroxyl groups excluding tert-OH is 1. The van der Waals surface area contributed by atoms with Crippen molar-refractivity contribution in [2.24, 2.45) is 5.41 Å². The second-order valence-electron chi connectivity index (χ2n) is 5.42. The van der Waals surface area contributed by atoms with Gasteiger partial charge in [-0.25, -0.2) is 13.1 Å². The molecule has 0 amide bonds. The summed E-state index contributed by atoms with van der Waals surface area (Å²) in [5.74, 6) is 0.160. The second kappa shape index (κ2) is 4.84. The first-order chi connectivity index (χ1) is 7.99. The van der Waals surface area contributed by atoms with E-state index in [0.29, 0.717) is 5.41 Å². The van der Waals surface area contributed by atoms with Crippen molar-refractivity contribution in [2.75, 3.05) is 25.6 Å². The zero-order valence-electron chi connectivity index (χ0n) is 10.4. The topological polar surface area (TPSA) is 69.6 Å². The molecular formula is C11H22N2O3S. The Kier molecular flexibility index (Phi) is 3.77. The van der Waals surface area contributed by atoms with Crippen molar-refractivity contribution in [3.63, 3.8) is 0 Å². The van der Waals surface area contributed by atoms with Crippen molar-refractivity contribution in [1.82, 2.24) is 9.62 Å². The van der Waals surface area contributed by atoms with Crippen LogP contribution in [0.25, 0.3) is 0 Å². The first kappa shape index (κ1) is 13.3. The molecule has 1 heterocycles. The minimum atomic E-state index is -3.06. The third-order valence-corrected chi connectivity index (χ3v) is 5.54. The molecule has 1 aliphatic heterocycles. The molecule has 2 aliphatic rings. The predicted octanol–water partition coefficient (Wildman–Crippen LogP) is 0.120. The molecule has 2 rings (SSSR count). The first-order valence-corrected chi connectivity index (χ1v) is 7.97. The van der Waals surface area contributed by atoms with E-state index in [0.717, 1.165) is 38.8 Å². The Morgan fingerprint density at radius 1 is 1.35 bits per heavy atom. The van der Waals surface area contributed by atoms with Gasteiger partial charge in [-0.15, -0.1) is 0 Å². The van der Waals surface area contributed by atoms with Gasteiger partial charge in [0.05, 0.1) is 12.5 Å². The average Bonchev–Trinajstić information content (AvgIpc) is 2.27. The lowest BCUT2D eigenvalue weighted by Gasteiger charge is -2.53. The summed E-state index contributed by atoms with van der Waals surface area (Å²) in [6.45, 7) is 3.75. The van der Waals surface area contributed by atoms with Crippen LogP contribution in [0.1, 0.15) is 32.6 Å². The van der Waals surface area contributed by atoms with Crippen LogP contribution in [0, 0.1) is 5.41 Å². The fourth-order valence-corrected chi connectivity index (χ4v) is 3.91. The van der Waals surface area contributed by atoms with Crippen molar-refractivity contribution < 1.29 is 13.5 Å². The van der Waals surface area contributed by atoms with Gasteiger partial charge in [-0.1, -0.05) is 0 Å². The normalized spacial score (nSPS) is 26.0. The number of hydrogen-bond donors (Lipinski definition) is 2. The molecule has 1 saturated heterocycles. The fraction of sp³-hybridized carbons (Fsp3) is 1.00. The first-order valence-electron chi connectivity index (χ1n) is 6.32. The summed E-state index contributed by atoms with van der Waals surface area (Å²) in [5.41, 5.74) is 0.358. The van der Waals surface area contributed by atoms with E-state index in [1.165, 1.54) is 0 Å². The highest BCUT2D eigenvalue weighted by Gasteiger charge is 2.44. The third-order valence-electron chi connectivity index (χ3n) is 4.09. The van der Waals surface area contributed by atoms with Gasteiger partial charge in [0.2, 0.25) is 10.0 Å². The van der Waals surface area contributed by atoms with E-state index >= 15 is 0 Å². The lowest BCUT2D eigenvalue weighted by Crippen LogP contribution is -2.58. The minimum Gasteiger partial charge on any atom is -0.381 e. The maximum Gasteiger partial charge on any atom is 0.211 e. The number of aliphatic hydroxyl groups is 1. The zero-order chi connectivity index (χ0) is 12.5. The summed E-state index contributed by atoms with van der Waals surface area (Å²) < 4.78 is 25.7. The Balaban J connectivity index is 1.79. The molecule has 1 spiro atoms. The van der Waals surface area contributed by atoms with Crippen molar-refractivity contribution in [2.45, 2.75) is 38.6 Å². The van der Waals surface area contributed by atoms with Crippen molar-refractivity contribution in [1.29, 1.82) is 0 Å². The Morgan fingerprint density at radius 3 is 2.41 bits per heavy atom. The van der Waals surface area contributed by atoms with Crippen LogP contribution in [-0.4, -0.2) is 50.0 Å². The van der Waals surface area contributed by atoms with Gasteiger partial charge in [-0.05, 0) is 38.0 Å². The molecule has 0 radical (unpaired) electrons. The molecule has 0 unspecified atom stereocenters. The molecule has 0 aromatic carbocycles. The lowest BCUT2D eigenvalue weighted by molar-refractivity contribution is -0.0743. The van der Waals surface area contributed by atoms with Crippen LogP contribution in [0.5, 0.6) is 0 Å². The predicted molar refractivity (Wildman–Crippen MR) is 65.9 cm³/mol. The third kappa shape index (κ3) is 2.99. The maximum atomic E-state index is 11.5. The van der Waals surface area contributed by atoms with Crippen LogP contribution in [0.15, 0.2) is 0 Å². The van der Waals surface area contributed by atoms with Gasteiger partial charge in [0.15, 0.2) is 0 Å². The summed E-state index contributed by atoms with van der Waals surface area (Å²) in [6.07, 6.45) is 4.00. The van der Waals surface area contributed by atoms with E-state index < -0.39 is 10.0 Å². The van der Waals surface area contributed by atoms with Crippen molar-refractivity contribution in [3.8, 4) is 0 Å². The van der Waals surface area contributed by atoms with Gasteiger partial charge in [-0.3, -0.25) is 4.90 Å². The molecule has 5 nitrogen and oxygen atoms in total.